The van der Waals surface area contributed by atoms with Crippen LogP contribution in [0.3, 0.4) is 0 Å². The minimum atomic E-state index is -3.32. The highest BCUT2D eigenvalue weighted by Crippen LogP contribution is 2.56. The molecule has 6 rings (SSSR count). The number of allylic oxidation sites excluding steroid dienone is 2. The number of aliphatic hydroxyl groups excluding tert-OH is 2. The first-order chi connectivity index (χ1) is 23.5. The van der Waals surface area contributed by atoms with E-state index in [4.69, 9.17) is 30.5 Å². The summed E-state index contributed by atoms with van der Waals surface area (Å²) in [5.74, 6) is -9.02. The first-order valence-corrected chi connectivity index (χ1v) is 15.5. The zero-order valence-electron chi connectivity index (χ0n) is 27.1. The van der Waals surface area contributed by atoms with E-state index in [9.17, 15) is 54.6 Å². The largest absolute Gasteiger partial charge is 0.507 e. The maximum Gasteiger partial charge on any atom is 0.339 e. The molecule has 7 N–H and O–H groups in total. The topological polar surface area (TPSA) is 256 Å². The number of rotatable bonds is 6. The third-order valence-corrected chi connectivity index (χ3v) is 10.4. The number of benzene rings is 2. The van der Waals surface area contributed by atoms with Crippen LogP contribution in [0.25, 0.3) is 0 Å². The van der Waals surface area contributed by atoms with Crippen molar-refractivity contribution < 1.29 is 73.6 Å². The SMILES string of the molecule is CO[C@@H]1[C@@H](O)[C@@H](OC)[C@@H](NC2=C(Cl)C(=O)c3c(cc4c(c3O)C(=O)C3(OC)C(O)Cc5cc(C)c(C(=O)O)c(O)c5C3(O)C4=O)C2=O)O[C@H]1C. The summed E-state index contributed by atoms with van der Waals surface area (Å²) in [5.41, 5.74) is -11.5. The highest BCUT2D eigenvalue weighted by Gasteiger charge is 2.72. The van der Waals surface area contributed by atoms with Crippen molar-refractivity contribution in [3.05, 3.63) is 67.4 Å². The third kappa shape index (κ3) is 4.34. The van der Waals surface area contributed by atoms with E-state index in [1.807, 2.05) is 0 Å². The number of hydrogen-bond donors (Lipinski definition) is 7. The number of ether oxygens (including phenoxy) is 4. The summed E-state index contributed by atoms with van der Waals surface area (Å²) in [7, 11) is 3.47. The molecule has 0 spiro atoms. The van der Waals surface area contributed by atoms with E-state index < -0.39 is 139 Å². The molecule has 1 aliphatic heterocycles. The second kappa shape index (κ2) is 11.9. The number of aryl methyl sites for hydroxylation is 1. The van der Waals surface area contributed by atoms with Gasteiger partial charge in [0.1, 0.15) is 46.1 Å². The Morgan fingerprint density at radius 1 is 0.960 bits per heavy atom. The number of ketones is 4. The van der Waals surface area contributed by atoms with Gasteiger partial charge >= 0.3 is 5.97 Å². The Morgan fingerprint density at radius 2 is 1.60 bits per heavy atom. The van der Waals surface area contributed by atoms with Crippen molar-refractivity contribution in [1.29, 1.82) is 0 Å². The molecule has 1 fully saturated rings. The second-order valence-corrected chi connectivity index (χ2v) is 12.9. The van der Waals surface area contributed by atoms with Gasteiger partial charge in [-0.3, -0.25) is 19.2 Å². The van der Waals surface area contributed by atoms with E-state index in [2.05, 4.69) is 5.32 Å². The molecule has 1 heterocycles. The average Bonchev–Trinajstić information content (AvgIpc) is 3.04. The van der Waals surface area contributed by atoms with Crippen LogP contribution in [0.5, 0.6) is 11.5 Å². The summed E-state index contributed by atoms with van der Waals surface area (Å²) in [6.45, 7) is 2.91. The highest BCUT2D eigenvalue weighted by atomic mass is 35.5. The fourth-order valence-electron chi connectivity index (χ4n) is 7.79. The van der Waals surface area contributed by atoms with Gasteiger partial charge in [0.2, 0.25) is 23.1 Å². The number of carboxylic acid groups (broad SMARTS) is 1. The van der Waals surface area contributed by atoms with Crippen LogP contribution in [0.2, 0.25) is 0 Å². The maximum atomic E-state index is 14.5. The van der Waals surface area contributed by atoms with Crippen LogP contribution in [-0.4, -0.2) is 123 Å². The summed E-state index contributed by atoms with van der Waals surface area (Å²) in [6, 6.07) is 1.99. The van der Waals surface area contributed by atoms with Gasteiger partial charge in [0, 0.05) is 44.4 Å². The monoisotopic (exact) mass is 717 g/mol. The van der Waals surface area contributed by atoms with Crippen molar-refractivity contribution >= 4 is 40.7 Å². The third-order valence-electron chi connectivity index (χ3n) is 10.1. The predicted molar refractivity (Wildman–Crippen MR) is 167 cm³/mol. The van der Waals surface area contributed by atoms with Crippen LogP contribution in [0.15, 0.2) is 22.9 Å². The summed E-state index contributed by atoms with van der Waals surface area (Å²) in [6.07, 6.45) is -7.84. The van der Waals surface area contributed by atoms with Crippen LogP contribution in [0.1, 0.15) is 75.4 Å². The zero-order chi connectivity index (χ0) is 36.9. The Bertz CT molecular complexity index is 1960. The molecule has 266 valence electrons. The minimum absolute atomic E-state index is 0.0151. The van der Waals surface area contributed by atoms with Gasteiger partial charge in [-0.05, 0) is 31.0 Å². The summed E-state index contributed by atoms with van der Waals surface area (Å²) < 4.78 is 21.9. The van der Waals surface area contributed by atoms with Gasteiger partial charge in [0.05, 0.1) is 23.3 Å². The van der Waals surface area contributed by atoms with E-state index in [1.54, 1.807) is 6.92 Å². The number of Topliss-reactive ketones (excluding diaryl/α,β-unsaturated/α-hetero) is 4. The van der Waals surface area contributed by atoms with Crippen molar-refractivity contribution in [3.8, 4) is 11.5 Å². The second-order valence-electron chi connectivity index (χ2n) is 12.5. The molecule has 8 atom stereocenters. The van der Waals surface area contributed by atoms with Gasteiger partial charge in [-0.2, -0.15) is 0 Å². The van der Waals surface area contributed by atoms with Gasteiger partial charge < -0.3 is 54.9 Å². The molecule has 0 bridgehead atoms. The molecule has 3 unspecified atom stereocenters. The number of carbonyl (C=O) groups is 5. The normalized spacial score (nSPS) is 31.9. The molecule has 1 saturated heterocycles. The number of carboxylic acids is 1. The van der Waals surface area contributed by atoms with Crippen LogP contribution in [-0.2, 0) is 31.0 Å². The number of carbonyl (C=O) groups excluding carboxylic acids is 4. The van der Waals surface area contributed by atoms with E-state index in [0.717, 1.165) is 13.2 Å². The molecule has 0 saturated carbocycles. The van der Waals surface area contributed by atoms with Gasteiger partial charge in [-0.25, -0.2) is 4.79 Å². The number of methoxy groups -OCH3 is 3. The summed E-state index contributed by atoms with van der Waals surface area (Å²) in [4.78, 5) is 68.7. The fraction of sp³-hybridized carbons (Fsp3) is 0.424. The van der Waals surface area contributed by atoms with E-state index >= 15 is 0 Å². The molecule has 3 aliphatic carbocycles. The molecule has 2 aromatic carbocycles. The first-order valence-electron chi connectivity index (χ1n) is 15.1. The lowest BCUT2D eigenvalue weighted by atomic mass is 9.56. The summed E-state index contributed by atoms with van der Waals surface area (Å²) in [5, 5.41) is 69.0. The van der Waals surface area contributed by atoms with Crippen LogP contribution in [0, 0.1) is 6.92 Å². The highest BCUT2D eigenvalue weighted by molar-refractivity contribution is 6.50. The number of fused-ring (bicyclic) bond motifs is 5. The molecule has 16 nitrogen and oxygen atoms in total. The number of aromatic carboxylic acids is 1. The number of phenolic OH excluding ortho intramolecular Hbond substituents is 1. The van der Waals surface area contributed by atoms with Gasteiger partial charge in [-0.15, -0.1) is 0 Å². The standard InChI is InChI=1S/C33H32ClNO15/c1-9-6-11-7-14(36)33(49-5)29(43)17-13(28(42)32(33,46)18(11)23(39)15(9)31(44)45)8-12-16(22(17)38)24(40)19(34)20(21(12)37)35-30-27(48-4)25(41)26(47-3)10(2)50-30/h6,8,10,14,25-27,30,35-36,38-39,41,46H,7H2,1-5H3,(H,44,45)/t10-,14?,25+,26-,27+,30-,32?,33?/m0/s1. The number of hydrogen-bond acceptors (Lipinski definition) is 15. The predicted octanol–water partition coefficient (Wildman–Crippen LogP) is 0.228. The minimum Gasteiger partial charge on any atom is -0.507 e. The molecule has 0 aromatic heterocycles. The van der Waals surface area contributed by atoms with E-state index in [-0.39, 0.29) is 11.1 Å². The van der Waals surface area contributed by atoms with Crippen LogP contribution >= 0.6 is 11.6 Å². The van der Waals surface area contributed by atoms with Gasteiger partial charge in [-0.1, -0.05) is 17.7 Å². The molecule has 50 heavy (non-hydrogen) atoms. The van der Waals surface area contributed by atoms with Crippen molar-refractivity contribution in [2.24, 2.45) is 0 Å². The van der Waals surface area contributed by atoms with Gasteiger partial charge in [0.15, 0.2) is 17.4 Å². The maximum absolute atomic E-state index is 14.5. The Morgan fingerprint density at radius 3 is 2.18 bits per heavy atom. The lowest BCUT2D eigenvalue weighted by Gasteiger charge is -2.52. The Hall–Kier alpha value is -4.26. The molecule has 0 radical (unpaired) electrons. The first kappa shape index (κ1) is 35.6. The van der Waals surface area contributed by atoms with Gasteiger partial charge in [0.25, 0.3) is 0 Å². The molecule has 4 aliphatic rings. The molecule has 0 amide bonds. The number of nitrogens with one attached hydrogen (secondary N) is 1. The molecule has 2 aromatic rings. The Balaban J connectivity index is 1.54. The number of aromatic hydroxyl groups is 2. The summed E-state index contributed by atoms with van der Waals surface area (Å²) >= 11 is 6.37. The average molecular weight is 718 g/mol. The Labute approximate surface area is 287 Å². The molecule has 17 heteroatoms. The molecular weight excluding hydrogens is 686 g/mol. The lowest BCUT2D eigenvalue weighted by molar-refractivity contribution is -0.236. The van der Waals surface area contributed by atoms with Crippen LogP contribution < -0.4 is 5.32 Å². The number of phenols is 2. The van der Waals surface area contributed by atoms with Crippen molar-refractivity contribution in [1.82, 2.24) is 5.32 Å². The van der Waals surface area contributed by atoms with E-state index in [0.29, 0.717) is 0 Å². The fourth-order valence-corrected chi connectivity index (χ4v) is 8.03. The van der Waals surface area contributed by atoms with Crippen molar-refractivity contribution in [2.45, 2.75) is 68.2 Å². The zero-order valence-corrected chi connectivity index (χ0v) is 27.8. The number of halogens is 1. The van der Waals surface area contributed by atoms with Crippen molar-refractivity contribution in [3.63, 3.8) is 0 Å². The molecular formula is C33H32ClNO15. The smallest absolute Gasteiger partial charge is 0.339 e. The lowest BCUT2D eigenvalue weighted by Crippen LogP contribution is -2.73. The van der Waals surface area contributed by atoms with E-state index in [1.165, 1.54) is 27.2 Å². The quantitative estimate of drug-likeness (QED) is 0.211. The number of aliphatic hydroxyl groups is 3. The van der Waals surface area contributed by atoms with Crippen LogP contribution in [0.4, 0.5) is 0 Å². The Kier molecular flexibility index (Phi) is 8.48. The van der Waals surface area contributed by atoms with Crippen molar-refractivity contribution in [2.75, 3.05) is 21.3 Å².